The van der Waals surface area contributed by atoms with Crippen LogP contribution in [-0.4, -0.2) is 24.9 Å². The van der Waals surface area contributed by atoms with Crippen molar-refractivity contribution in [1.29, 1.82) is 0 Å². The Labute approximate surface area is 63.4 Å². The van der Waals surface area contributed by atoms with Gasteiger partial charge in [-0.2, -0.15) is 13.2 Å². The highest BCUT2D eigenvalue weighted by molar-refractivity contribution is 4.89. The van der Waals surface area contributed by atoms with Crippen molar-refractivity contribution in [3.63, 3.8) is 0 Å². The molecule has 74 valence electrons. The smallest absolute Gasteiger partial charge is 0.251 e. The number of alkyl halides is 7. The van der Waals surface area contributed by atoms with E-state index in [4.69, 9.17) is 0 Å². The van der Waals surface area contributed by atoms with Gasteiger partial charge in [-0.05, 0) is 0 Å². The quantitative estimate of drug-likeness (QED) is 0.611. The summed E-state index contributed by atoms with van der Waals surface area (Å²) >= 11 is 0. The van der Waals surface area contributed by atoms with Gasteiger partial charge in [-0.25, -0.2) is 13.2 Å². The van der Waals surface area contributed by atoms with E-state index in [1.165, 1.54) is 0 Å². The van der Waals surface area contributed by atoms with Crippen LogP contribution in [0.2, 0.25) is 0 Å². The standard InChI is InChI=1S/C5H5F7/c6-2-1-4(9,3(7)8)5(10,11)12/h3H,1-2H2. The normalized spacial score (nSPS) is 18.0. The second-order valence-corrected chi connectivity index (χ2v) is 2.10. The average molecular weight is 198 g/mol. The summed E-state index contributed by atoms with van der Waals surface area (Å²) in [6.07, 6.45) is -11.9. The van der Waals surface area contributed by atoms with Crippen LogP contribution in [0.1, 0.15) is 6.42 Å². The maximum absolute atomic E-state index is 12.3. The fourth-order valence-electron chi connectivity index (χ4n) is 0.512. The molecule has 1 unspecified atom stereocenters. The lowest BCUT2D eigenvalue weighted by molar-refractivity contribution is -0.270. The van der Waals surface area contributed by atoms with Crippen LogP contribution in [0.5, 0.6) is 0 Å². The van der Waals surface area contributed by atoms with E-state index in [-0.39, 0.29) is 0 Å². The van der Waals surface area contributed by atoms with Crippen molar-refractivity contribution in [3.8, 4) is 0 Å². The molecule has 0 saturated carbocycles. The van der Waals surface area contributed by atoms with Gasteiger partial charge in [0.15, 0.2) is 0 Å². The summed E-state index contributed by atoms with van der Waals surface area (Å²) in [5.41, 5.74) is -4.72. The van der Waals surface area contributed by atoms with E-state index < -0.39 is 31.4 Å². The second kappa shape index (κ2) is 3.49. The highest BCUT2D eigenvalue weighted by Gasteiger charge is 2.62. The fourth-order valence-corrected chi connectivity index (χ4v) is 0.512. The molecule has 0 nitrogen and oxygen atoms in total. The Bertz CT molecular complexity index is 139. The minimum atomic E-state index is -5.73. The molecule has 0 aromatic rings. The van der Waals surface area contributed by atoms with Gasteiger partial charge in [0.2, 0.25) is 0 Å². The molecule has 0 radical (unpaired) electrons. The monoisotopic (exact) mass is 198 g/mol. The third kappa shape index (κ3) is 2.01. The molecule has 0 heterocycles. The van der Waals surface area contributed by atoms with Crippen molar-refractivity contribution in [1.82, 2.24) is 0 Å². The van der Waals surface area contributed by atoms with Crippen LogP contribution in [-0.2, 0) is 0 Å². The molecule has 0 saturated heterocycles. The van der Waals surface area contributed by atoms with E-state index in [1.807, 2.05) is 0 Å². The van der Waals surface area contributed by atoms with Crippen LogP contribution >= 0.6 is 0 Å². The molecule has 0 rings (SSSR count). The maximum Gasteiger partial charge on any atom is 0.428 e. The van der Waals surface area contributed by atoms with E-state index in [0.717, 1.165) is 0 Å². The first-order valence-electron chi connectivity index (χ1n) is 2.85. The molecule has 0 fully saturated rings. The fraction of sp³-hybridized carbons (Fsp3) is 1.00. The van der Waals surface area contributed by atoms with Crippen LogP contribution in [0.15, 0.2) is 0 Å². The molecule has 0 N–H and O–H groups in total. The Morgan fingerprint density at radius 1 is 1.00 bits per heavy atom. The highest BCUT2D eigenvalue weighted by Crippen LogP contribution is 2.41. The van der Waals surface area contributed by atoms with Crippen LogP contribution in [0.25, 0.3) is 0 Å². The number of rotatable bonds is 3. The average Bonchev–Trinajstić information content (AvgIpc) is 1.85. The van der Waals surface area contributed by atoms with Crippen molar-refractivity contribution in [2.75, 3.05) is 6.67 Å². The Morgan fingerprint density at radius 3 is 1.50 bits per heavy atom. The Balaban J connectivity index is 4.62. The molecule has 1 atom stereocenters. The second-order valence-electron chi connectivity index (χ2n) is 2.10. The Hall–Kier alpha value is -0.490. The molecule has 0 bridgehead atoms. The molecule has 0 aromatic carbocycles. The Kier molecular flexibility index (Phi) is 3.34. The zero-order valence-corrected chi connectivity index (χ0v) is 5.64. The van der Waals surface area contributed by atoms with Gasteiger partial charge in [0.1, 0.15) is 0 Å². The Morgan fingerprint density at radius 2 is 1.42 bits per heavy atom. The molecule has 0 aromatic heterocycles. The van der Waals surface area contributed by atoms with Gasteiger partial charge in [0, 0.05) is 6.42 Å². The third-order valence-electron chi connectivity index (χ3n) is 1.28. The van der Waals surface area contributed by atoms with Gasteiger partial charge in [0.25, 0.3) is 12.1 Å². The predicted molar refractivity (Wildman–Crippen MR) is 26.5 cm³/mol. The van der Waals surface area contributed by atoms with Gasteiger partial charge >= 0.3 is 6.18 Å². The largest absolute Gasteiger partial charge is 0.428 e. The first-order valence-corrected chi connectivity index (χ1v) is 2.85. The van der Waals surface area contributed by atoms with E-state index in [9.17, 15) is 30.7 Å². The predicted octanol–water partition coefficient (Wildman–Crippen LogP) is 2.88. The number of halogens is 7. The van der Waals surface area contributed by atoms with Crippen LogP contribution in [0.3, 0.4) is 0 Å². The summed E-state index contributed by atoms with van der Waals surface area (Å²) in [5, 5.41) is 0. The van der Waals surface area contributed by atoms with Crippen molar-refractivity contribution in [3.05, 3.63) is 0 Å². The van der Waals surface area contributed by atoms with E-state index in [0.29, 0.717) is 0 Å². The molecule has 0 spiro atoms. The van der Waals surface area contributed by atoms with Crippen LogP contribution in [0.4, 0.5) is 30.7 Å². The van der Waals surface area contributed by atoms with E-state index >= 15 is 0 Å². The molecule has 0 aliphatic heterocycles. The third-order valence-corrected chi connectivity index (χ3v) is 1.28. The number of hydrogen-bond donors (Lipinski definition) is 0. The molecular formula is C5H5F7. The zero-order valence-electron chi connectivity index (χ0n) is 5.64. The van der Waals surface area contributed by atoms with Crippen LogP contribution < -0.4 is 0 Å². The molecule has 12 heavy (non-hydrogen) atoms. The van der Waals surface area contributed by atoms with Gasteiger partial charge in [-0.15, -0.1) is 0 Å². The SMILES string of the molecule is FCCC(F)(C(F)F)C(F)(F)F. The van der Waals surface area contributed by atoms with E-state index in [2.05, 4.69) is 0 Å². The topological polar surface area (TPSA) is 0 Å². The van der Waals surface area contributed by atoms with Gasteiger partial charge in [-0.1, -0.05) is 0 Å². The van der Waals surface area contributed by atoms with Crippen molar-refractivity contribution in [2.24, 2.45) is 0 Å². The summed E-state index contributed by atoms with van der Waals surface area (Å²) in [7, 11) is 0. The molecule has 0 aliphatic rings. The molecule has 0 amide bonds. The zero-order chi connectivity index (χ0) is 9.99. The highest BCUT2D eigenvalue weighted by atomic mass is 19.4. The molecule has 0 aliphatic carbocycles. The molecular weight excluding hydrogens is 193 g/mol. The summed E-state index contributed by atoms with van der Waals surface area (Å²) < 4.78 is 81.2. The summed E-state index contributed by atoms with van der Waals surface area (Å²) in [6, 6.07) is 0. The summed E-state index contributed by atoms with van der Waals surface area (Å²) in [5.74, 6) is 0. The minimum Gasteiger partial charge on any atom is -0.251 e. The van der Waals surface area contributed by atoms with Gasteiger partial charge < -0.3 is 0 Å². The molecule has 7 heteroatoms. The van der Waals surface area contributed by atoms with Crippen molar-refractivity contribution in [2.45, 2.75) is 24.7 Å². The van der Waals surface area contributed by atoms with Gasteiger partial charge in [0.05, 0.1) is 6.67 Å². The first-order chi connectivity index (χ1) is 5.25. The summed E-state index contributed by atoms with van der Waals surface area (Å²) in [6.45, 7) is -1.78. The van der Waals surface area contributed by atoms with Crippen molar-refractivity contribution >= 4 is 0 Å². The lowest BCUT2D eigenvalue weighted by atomic mass is 10.0. The summed E-state index contributed by atoms with van der Waals surface area (Å²) in [4.78, 5) is 0. The minimum absolute atomic E-state index is 1.78. The lowest BCUT2D eigenvalue weighted by Crippen LogP contribution is -2.47. The van der Waals surface area contributed by atoms with Gasteiger partial charge in [-0.3, -0.25) is 4.39 Å². The first kappa shape index (κ1) is 11.5. The van der Waals surface area contributed by atoms with Crippen LogP contribution in [0, 0.1) is 0 Å². The number of hydrogen-bond acceptors (Lipinski definition) is 0. The van der Waals surface area contributed by atoms with E-state index in [1.54, 1.807) is 0 Å². The lowest BCUT2D eigenvalue weighted by Gasteiger charge is -2.25. The maximum atomic E-state index is 12.3. The van der Waals surface area contributed by atoms with Crippen molar-refractivity contribution < 1.29 is 30.7 Å².